The molecule has 0 atom stereocenters. The number of ether oxygens (including phenoxy) is 2. The summed E-state index contributed by atoms with van der Waals surface area (Å²) in [5.41, 5.74) is 0. The van der Waals surface area contributed by atoms with Gasteiger partial charge in [0.1, 0.15) is 0 Å². The van der Waals surface area contributed by atoms with Crippen LogP contribution in [0.5, 0.6) is 0 Å². The van der Waals surface area contributed by atoms with Gasteiger partial charge in [0.2, 0.25) is 10.0 Å². The maximum Gasteiger partial charge on any atom is 0.211 e. The summed E-state index contributed by atoms with van der Waals surface area (Å²) >= 11 is 0. The Hall–Kier alpha value is -0.170. The van der Waals surface area contributed by atoms with Crippen LogP contribution in [0.2, 0.25) is 0 Å². The second-order valence-electron chi connectivity index (χ2n) is 3.65. The molecular formula is C10H23NO4S. The van der Waals surface area contributed by atoms with Crippen molar-refractivity contribution >= 4 is 10.0 Å². The fraction of sp³-hybridized carbons (Fsp3) is 1.00. The van der Waals surface area contributed by atoms with Gasteiger partial charge in [0, 0.05) is 6.61 Å². The average Bonchev–Trinajstić information content (AvgIpc) is 2.19. The fourth-order valence-corrected chi connectivity index (χ4v) is 1.48. The van der Waals surface area contributed by atoms with Crippen molar-refractivity contribution in [1.29, 1.82) is 0 Å². The lowest BCUT2D eigenvalue weighted by molar-refractivity contribution is 0.0519. The minimum atomic E-state index is -3.40. The highest BCUT2D eigenvalue weighted by atomic mass is 32.2. The molecule has 0 fully saturated rings. The molecule has 98 valence electrons. The lowest BCUT2D eigenvalue weighted by atomic mass is 10.2. The van der Waals surface area contributed by atoms with Crippen molar-refractivity contribution in [2.75, 3.05) is 32.2 Å². The molecule has 0 aromatic heterocycles. The molecule has 0 aliphatic rings. The highest BCUT2D eigenvalue weighted by Crippen LogP contribution is 1.98. The number of unbranched alkanes of at least 4 members (excludes halogenated alkanes) is 3. The number of rotatable bonds is 11. The van der Waals surface area contributed by atoms with Gasteiger partial charge in [0.15, 0.2) is 0 Å². The van der Waals surface area contributed by atoms with Gasteiger partial charge in [-0.25, -0.2) is 13.6 Å². The van der Waals surface area contributed by atoms with Crippen molar-refractivity contribution in [3.8, 4) is 0 Å². The van der Waals surface area contributed by atoms with E-state index in [1.54, 1.807) is 0 Å². The smallest absolute Gasteiger partial charge is 0.211 e. The molecule has 0 aromatic rings. The third kappa shape index (κ3) is 13.8. The summed E-state index contributed by atoms with van der Waals surface area (Å²) < 4.78 is 31.4. The van der Waals surface area contributed by atoms with Crippen LogP contribution >= 0.6 is 0 Å². The van der Waals surface area contributed by atoms with E-state index in [0.29, 0.717) is 13.2 Å². The van der Waals surface area contributed by atoms with Gasteiger partial charge in [0.25, 0.3) is 0 Å². The topological polar surface area (TPSA) is 78.6 Å². The van der Waals surface area contributed by atoms with E-state index in [1.165, 1.54) is 19.3 Å². The molecule has 6 heteroatoms. The predicted molar refractivity (Wildman–Crippen MR) is 63.8 cm³/mol. The molecule has 2 N–H and O–H groups in total. The molecule has 0 saturated heterocycles. The Morgan fingerprint density at radius 2 is 1.56 bits per heavy atom. The van der Waals surface area contributed by atoms with Crippen molar-refractivity contribution in [2.24, 2.45) is 5.14 Å². The highest BCUT2D eigenvalue weighted by molar-refractivity contribution is 7.89. The van der Waals surface area contributed by atoms with Crippen LogP contribution in [-0.4, -0.2) is 40.6 Å². The summed E-state index contributed by atoms with van der Waals surface area (Å²) in [7, 11) is -3.40. The van der Waals surface area contributed by atoms with E-state index in [2.05, 4.69) is 6.92 Å². The number of primary sulfonamides is 1. The predicted octanol–water partition coefficient (Wildman–Crippen LogP) is 0.888. The second-order valence-corrected chi connectivity index (χ2v) is 5.39. The zero-order valence-corrected chi connectivity index (χ0v) is 10.8. The number of nitrogens with two attached hydrogens (primary N) is 1. The molecule has 0 heterocycles. The third-order valence-corrected chi connectivity index (χ3v) is 2.76. The molecule has 0 aliphatic heterocycles. The van der Waals surface area contributed by atoms with Gasteiger partial charge < -0.3 is 9.47 Å². The maximum absolute atomic E-state index is 10.5. The van der Waals surface area contributed by atoms with E-state index in [1.807, 2.05) is 0 Å². The zero-order valence-electron chi connectivity index (χ0n) is 9.98. The molecule has 0 aromatic carbocycles. The average molecular weight is 253 g/mol. The minimum Gasteiger partial charge on any atom is -0.379 e. The van der Waals surface area contributed by atoms with Crippen LogP contribution < -0.4 is 5.14 Å². The van der Waals surface area contributed by atoms with E-state index < -0.39 is 10.0 Å². The summed E-state index contributed by atoms with van der Waals surface area (Å²) in [5.74, 6) is -0.135. The first-order chi connectivity index (χ1) is 7.56. The molecule has 0 saturated carbocycles. The Balaban J connectivity index is 3.05. The fourth-order valence-electron chi connectivity index (χ4n) is 1.13. The van der Waals surface area contributed by atoms with Gasteiger partial charge in [-0.3, -0.25) is 0 Å². The van der Waals surface area contributed by atoms with Gasteiger partial charge in [-0.15, -0.1) is 0 Å². The minimum absolute atomic E-state index is 0.135. The normalized spacial score (nSPS) is 11.9. The zero-order chi connectivity index (χ0) is 12.3. The second kappa shape index (κ2) is 10.0. The van der Waals surface area contributed by atoms with Gasteiger partial charge >= 0.3 is 0 Å². The SMILES string of the molecule is CCCCCCOCCOCCS(N)(=O)=O. The van der Waals surface area contributed by atoms with Gasteiger partial charge in [-0.1, -0.05) is 26.2 Å². The van der Waals surface area contributed by atoms with Crippen LogP contribution in [0.4, 0.5) is 0 Å². The van der Waals surface area contributed by atoms with Crippen molar-refractivity contribution in [2.45, 2.75) is 32.6 Å². The first-order valence-corrected chi connectivity index (χ1v) is 7.43. The van der Waals surface area contributed by atoms with E-state index in [0.717, 1.165) is 13.0 Å². The summed E-state index contributed by atoms with van der Waals surface area (Å²) in [6.07, 6.45) is 4.73. The Labute approximate surface area is 98.4 Å². The molecule has 0 amide bonds. The van der Waals surface area contributed by atoms with E-state index in [-0.39, 0.29) is 12.4 Å². The first kappa shape index (κ1) is 15.8. The monoisotopic (exact) mass is 253 g/mol. The Morgan fingerprint density at radius 3 is 2.12 bits per heavy atom. The quantitative estimate of drug-likeness (QED) is 0.555. The number of hydrogen-bond donors (Lipinski definition) is 1. The van der Waals surface area contributed by atoms with Gasteiger partial charge in [-0.05, 0) is 6.42 Å². The lowest BCUT2D eigenvalue weighted by Gasteiger charge is -2.05. The molecule has 0 bridgehead atoms. The van der Waals surface area contributed by atoms with E-state index in [9.17, 15) is 8.42 Å². The summed E-state index contributed by atoms with van der Waals surface area (Å²) in [6, 6.07) is 0. The first-order valence-electron chi connectivity index (χ1n) is 5.72. The van der Waals surface area contributed by atoms with Crippen LogP contribution in [-0.2, 0) is 19.5 Å². The summed E-state index contributed by atoms with van der Waals surface area (Å²) in [4.78, 5) is 0. The largest absolute Gasteiger partial charge is 0.379 e. The van der Waals surface area contributed by atoms with Crippen molar-refractivity contribution in [1.82, 2.24) is 0 Å². The van der Waals surface area contributed by atoms with Crippen LogP contribution in [0.15, 0.2) is 0 Å². The molecule has 0 spiro atoms. The Kier molecular flexibility index (Phi) is 9.91. The van der Waals surface area contributed by atoms with Crippen molar-refractivity contribution < 1.29 is 17.9 Å². The number of sulfonamides is 1. The van der Waals surface area contributed by atoms with Crippen LogP contribution in [0, 0.1) is 0 Å². The molecular weight excluding hydrogens is 230 g/mol. The Bertz CT molecular complexity index is 241. The molecule has 0 aliphatic carbocycles. The maximum atomic E-state index is 10.5. The molecule has 16 heavy (non-hydrogen) atoms. The molecule has 0 rings (SSSR count). The lowest BCUT2D eigenvalue weighted by Crippen LogP contribution is -2.21. The van der Waals surface area contributed by atoms with Crippen LogP contribution in [0.3, 0.4) is 0 Å². The molecule has 0 unspecified atom stereocenters. The highest BCUT2D eigenvalue weighted by Gasteiger charge is 2.01. The van der Waals surface area contributed by atoms with Gasteiger partial charge in [-0.2, -0.15) is 0 Å². The standard InChI is InChI=1S/C10H23NO4S/c1-2-3-4-5-6-14-7-8-15-9-10-16(11,12)13/h2-10H2,1H3,(H2,11,12,13). The molecule has 0 radical (unpaired) electrons. The van der Waals surface area contributed by atoms with Crippen LogP contribution in [0.1, 0.15) is 32.6 Å². The molecule has 5 nitrogen and oxygen atoms in total. The summed E-state index contributed by atoms with van der Waals surface area (Å²) in [5, 5.41) is 4.81. The van der Waals surface area contributed by atoms with Crippen molar-refractivity contribution in [3.05, 3.63) is 0 Å². The van der Waals surface area contributed by atoms with Crippen molar-refractivity contribution in [3.63, 3.8) is 0 Å². The van der Waals surface area contributed by atoms with Gasteiger partial charge in [0.05, 0.1) is 25.6 Å². The third-order valence-electron chi connectivity index (χ3n) is 2.03. The van der Waals surface area contributed by atoms with Crippen LogP contribution in [0.25, 0.3) is 0 Å². The number of hydrogen-bond acceptors (Lipinski definition) is 4. The van der Waals surface area contributed by atoms with E-state index >= 15 is 0 Å². The Morgan fingerprint density at radius 1 is 0.938 bits per heavy atom. The van der Waals surface area contributed by atoms with E-state index in [4.69, 9.17) is 14.6 Å². The summed E-state index contributed by atoms with van der Waals surface area (Å²) in [6.45, 7) is 3.98.